The number of aliphatic carboxylic acids is 1. The number of benzene rings is 1. The fourth-order valence-corrected chi connectivity index (χ4v) is 2.54. The van der Waals surface area contributed by atoms with Gasteiger partial charge in [-0.05, 0) is 30.7 Å². The third-order valence-electron chi connectivity index (χ3n) is 3.93. The normalized spacial score (nSPS) is 20.9. The molecule has 26 heavy (non-hydrogen) atoms. The molecule has 1 aromatic carbocycles. The highest BCUT2D eigenvalue weighted by Gasteiger charge is 2.62. The average Bonchev–Trinajstić information content (AvgIpc) is 2.50. The van der Waals surface area contributed by atoms with Gasteiger partial charge in [-0.3, -0.25) is 0 Å². The van der Waals surface area contributed by atoms with Gasteiger partial charge in [0, 0.05) is 11.1 Å². The van der Waals surface area contributed by atoms with Crippen LogP contribution < -0.4 is 4.74 Å². The number of fused-ring (bicyclic) bond motifs is 1. The van der Waals surface area contributed by atoms with Crippen LogP contribution in [0.25, 0.3) is 6.08 Å². The quantitative estimate of drug-likeness (QED) is 0.746. The zero-order valence-corrected chi connectivity index (χ0v) is 12.8. The standard InChI is InChI=1S/C15H10F8O3/c1-2-12(14(18,19)20)9(11(24)25)6-7-5-8(3-4-10(7)26-12)13(16,17)15(21,22)23/h3-6H,2H2,1H3,(H,24,25). The van der Waals surface area contributed by atoms with Gasteiger partial charge in [-0.2, -0.15) is 35.1 Å². The number of halogens is 8. The van der Waals surface area contributed by atoms with E-state index in [1.165, 1.54) is 0 Å². The SMILES string of the molecule is CCC1(C(F)(F)F)Oc2ccc(C(F)(F)C(F)(F)F)cc2C=C1C(=O)O. The van der Waals surface area contributed by atoms with Crippen molar-refractivity contribution < 1.29 is 49.8 Å². The van der Waals surface area contributed by atoms with E-state index >= 15 is 0 Å². The van der Waals surface area contributed by atoms with E-state index in [9.17, 15) is 39.9 Å². The maximum absolute atomic E-state index is 13.4. The third kappa shape index (κ3) is 2.88. The molecule has 11 heteroatoms. The first-order valence-corrected chi connectivity index (χ1v) is 6.97. The van der Waals surface area contributed by atoms with Crippen LogP contribution in [0.15, 0.2) is 23.8 Å². The lowest BCUT2D eigenvalue weighted by Crippen LogP contribution is -2.54. The molecule has 0 radical (unpaired) electrons. The maximum Gasteiger partial charge on any atom is 0.458 e. The highest BCUT2D eigenvalue weighted by Crippen LogP contribution is 2.49. The molecule has 1 atom stereocenters. The first-order valence-electron chi connectivity index (χ1n) is 6.97. The highest BCUT2D eigenvalue weighted by molar-refractivity contribution is 5.96. The Morgan fingerprint density at radius 2 is 1.69 bits per heavy atom. The molecule has 0 bridgehead atoms. The molecule has 1 aromatic rings. The predicted octanol–water partition coefficient (Wildman–Crippen LogP) is 4.91. The number of hydrogen-bond donors (Lipinski definition) is 1. The predicted molar refractivity (Wildman–Crippen MR) is 71.7 cm³/mol. The summed E-state index contributed by atoms with van der Waals surface area (Å²) in [6.45, 7) is 1.00. The lowest BCUT2D eigenvalue weighted by molar-refractivity contribution is -0.289. The Labute approximate surface area is 140 Å². The summed E-state index contributed by atoms with van der Waals surface area (Å²) in [5.74, 6) is -7.97. The van der Waals surface area contributed by atoms with E-state index in [2.05, 4.69) is 0 Å². The second-order valence-electron chi connectivity index (χ2n) is 5.47. The van der Waals surface area contributed by atoms with Gasteiger partial charge in [0.25, 0.3) is 0 Å². The van der Waals surface area contributed by atoms with Crippen LogP contribution in [0.3, 0.4) is 0 Å². The van der Waals surface area contributed by atoms with Crippen molar-refractivity contribution in [3.63, 3.8) is 0 Å². The fraction of sp³-hybridized carbons (Fsp3) is 0.400. The van der Waals surface area contributed by atoms with Crippen molar-refractivity contribution in [2.24, 2.45) is 0 Å². The Kier molecular flexibility index (Phi) is 4.49. The summed E-state index contributed by atoms with van der Waals surface area (Å²) in [7, 11) is 0. The molecule has 1 unspecified atom stereocenters. The van der Waals surface area contributed by atoms with E-state index in [0.29, 0.717) is 12.1 Å². The number of rotatable bonds is 3. The molecule has 1 heterocycles. The monoisotopic (exact) mass is 390 g/mol. The van der Waals surface area contributed by atoms with Gasteiger partial charge >= 0.3 is 24.2 Å². The topological polar surface area (TPSA) is 46.5 Å². The van der Waals surface area contributed by atoms with Crippen molar-refractivity contribution in [3.05, 3.63) is 34.9 Å². The summed E-state index contributed by atoms with van der Waals surface area (Å²) >= 11 is 0. The zero-order valence-electron chi connectivity index (χ0n) is 12.8. The van der Waals surface area contributed by atoms with E-state index in [1.54, 1.807) is 0 Å². The fourth-order valence-electron chi connectivity index (χ4n) is 2.54. The van der Waals surface area contributed by atoms with Crippen molar-refractivity contribution in [1.82, 2.24) is 0 Å². The van der Waals surface area contributed by atoms with Gasteiger partial charge in [-0.15, -0.1) is 0 Å². The van der Waals surface area contributed by atoms with Crippen molar-refractivity contribution in [2.45, 2.75) is 37.2 Å². The number of alkyl halides is 8. The first-order chi connectivity index (χ1) is 11.7. The van der Waals surface area contributed by atoms with Gasteiger partial charge in [0.2, 0.25) is 5.60 Å². The highest BCUT2D eigenvalue weighted by atomic mass is 19.4. The van der Waals surface area contributed by atoms with Crippen molar-refractivity contribution in [1.29, 1.82) is 0 Å². The van der Waals surface area contributed by atoms with E-state index in [0.717, 1.165) is 6.92 Å². The van der Waals surface area contributed by atoms with Gasteiger partial charge in [0.05, 0.1) is 5.57 Å². The Balaban J connectivity index is 2.67. The van der Waals surface area contributed by atoms with Gasteiger partial charge in [-0.1, -0.05) is 6.92 Å². The van der Waals surface area contributed by atoms with Crippen LogP contribution in [-0.2, 0) is 10.7 Å². The molecule has 1 N–H and O–H groups in total. The average molecular weight is 390 g/mol. The second kappa shape index (κ2) is 5.85. The van der Waals surface area contributed by atoms with Gasteiger partial charge in [0.15, 0.2) is 0 Å². The lowest BCUT2D eigenvalue weighted by Gasteiger charge is -2.38. The molecule has 1 aliphatic heterocycles. The summed E-state index contributed by atoms with van der Waals surface area (Å²) in [5.41, 5.74) is -6.74. The molecule has 0 aliphatic carbocycles. The summed E-state index contributed by atoms with van der Waals surface area (Å²) in [6, 6.07) is 1.06. The summed E-state index contributed by atoms with van der Waals surface area (Å²) in [6.07, 6.45) is -11.6. The molecule has 0 spiro atoms. The first kappa shape index (κ1) is 20.0. The van der Waals surface area contributed by atoms with E-state index < -0.39 is 58.7 Å². The van der Waals surface area contributed by atoms with Crippen LogP contribution >= 0.6 is 0 Å². The number of ether oxygens (including phenoxy) is 1. The van der Waals surface area contributed by atoms with E-state index in [-0.39, 0.29) is 12.1 Å². The Hall–Kier alpha value is -2.33. The van der Waals surface area contributed by atoms with Crippen molar-refractivity contribution >= 4 is 12.0 Å². The van der Waals surface area contributed by atoms with Crippen LogP contribution in [0.2, 0.25) is 0 Å². The Morgan fingerprint density at radius 3 is 2.12 bits per heavy atom. The lowest BCUT2D eigenvalue weighted by atomic mass is 9.85. The smallest absolute Gasteiger partial charge is 0.458 e. The molecule has 2 rings (SSSR count). The molecule has 0 saturated carbocycles. The van der Waals surface area contributed by atoms with Crippen LogP contribution in [-0.4, -0.2) is 29.0 Å². The summed E-state index contributed by atoms with van der Waals surface area (Å²) < 4.78 is 109. The minimum Gasteiger partial charge on any atom is -0.478 e. The number of carbonyl (C=O) groups is 1. The Morgan fingerprint density at radius 1 is 1.12 bits per heavy atom. The van der Waals surface area contributed by atoms with E-state index in [4.69, 9.17) is 9.84 Å². The van der Waals surface area contributed by atoms with Gasteiger partial charge < -0.3 is 9.84 Å². The van der Waals surface area contributed by atoms with Crippen LogP contribution in [0, 0.1) is 0 Å². The summed E-state index contributed by atoms with van der Waals surface area (Å²) in [5, 5.41) is 9.08. The van der Waals surface area contributed by atoms with Gasteiger partial charge in [0.1, 0.15) is 5.75 Å². The minimum absolute atomic E-state index is 0.252. The van der Waals surface area contributed by atoms with Crippen LogP contribution in [0.1, 0.15) is 24.5 Å². The molecule has 3 nitrogen and oxygen atoms in total. The largest absolute Gasteiger partial charge is 0.478 e. The Bertz CT molecular complexity index is 763. The zero-order chi connectivity index (χ0) is 20.1. The molecular weight excluding hydrogens is 380 g/mol. The van der Waals surface area contributed by atoms with Gasteiger partial charge in [-0.25, -0.2) is 4.79 Å². The molecule has 1 aliphatic rings. The number of carboxylic acid groups (broad SMARTS) is 1. The van der Waals surface area contributed by atoms with Crippen LogP contribution in [0.4, 0.5) is 35.1 Å². The van der Waals surface area contributed by atoms with Crippen molar-refractivity contribution in [2.75, 3.05) is 0 Å². The van der Waals surface area contributed by atoms with E-state index in [1.807, 2.05) is 0 Å². The number of carboxylic acids is 1. The summed E-state index contributed by atoms with van der Waals surface area (Å²) in [4.78, 5) is 11.2. The molecule has 0 amide bonds. The minimum atomic E-state index is -5.94. The third-order valence-corrected chi connectivity index (χ3v) is 3.93. The maximum atomic E-state index is 13.4. The molecular formula is C15H10F8O3. The molecule has 0 fully saturated rings. The second-order valence-corrected chi connectivity index (χ2v) is 5.47. The van der Waals surface area contributed by atoms with Crippen molar-refractivity contribution in [3.8, 4) is 5.75 Å². The molecule has 144 valence electrons. The number of hydrogen-bond acceptors (Lipinski definition) is 2. The van der Waals surface area contributed by atoms with Crippen LogP contribution in [0.5, 0.6) is 5.75 Å². The molecule has 0 saturated heterocycles. The molecule has 0 aromatic heterocycles.